The van der Waals surface area contributed by atoms with Crippen LogP contribution in [0.5, 0.6) is 0 Å². The van der Waals surface area contributed by atoms with Gasteiger partial charge in [-0.1, -0.05) is 15.9 Å². The van der Waals surface area contributed by atoms with Crippen LogP contribution in [0, 0.1) is 0 Å². The molecule has 1 rings (SSSR count). The number of hydrogen-bond acceptors (Lipinski definition) is 3. The largest absolute Gasteiger partial charge is 0.399 e. The van der Waals surface area contributed by atoms with Gasteiger partial charge in [0, 0.05) is 10.2 Å². The highest BCUT2D eigenvalue weighted by molar-refractivity contribution is 9.10. The van der Waals surface area contributed by atoms with Gasteiger partial charge in [0.2, 0.25) is 0 Å². The van der Waals surface area contributed by atoms with E-state index in [2.05, 4.69) is 15.9 Å². The Morgan fingerprint density at radius 1 is 1.33 bits per heavy atom. The Kier molecular flexibility index (Phi) is 3.78. The fourth-order valence-electron chi connectivity index (χ4n) is 1.16. The predicted octanol–water partition coefficient (Wildman–Crippen LogP) is 2.35. The van der Waals surface area contributed by atoms with Gasteiger partial charge >= 0.3 is 0 Å². The van der Waals surface area contributed by atoms with Crippen molar-refractivity contribution in [3.05, 3.63) is 28.2 Å². The Balaban J connectivity index is 3.00. The molecular formula is C10H14BrNO2S. The summed E-state index contributed by atoms with van der Waals surface area (Å²) in [5, 5.41) is -0.363. The van der Waals surface area contributed by atoms with E-state index >= 15 is 0 Å². The van der Waals surface area contributed by atoms with Crippen molar-refractivity contribution < 1.29 is 8.42 Å². The van der Waals surface area contributed by atoms with Crippen LogP contribution in [-0.2, 0) is 15.6 Å². The van der Waals surface area contributed by atoms with Gasteiger partial charge in [-0.3, -0.25) is 0 Å². The van der Waals surface area contributed by atoms with Gasteiger partial charge in [-0.05, 0) is 37.6 Å². The minimum atomic E-state index is -3.06. The number of nitrogens with two attached hydrogens (primary N) is 1. The maximum absolute atomic E-state index is 11.7. The zero-order chi connectivity index (χ0) is 11.6. The van der Waals surface area contributed by atoms with E-state index in [1.165, 1.54) is 0 Å². The van der Waals surface area contributed by atoms with Crippen LogP contribution in [0.2, 0.25) is 0 Å². The molecule has 0 bridgehead atoms. The molecule has 0 fully saturated rings. The molecule has 0 radical (unpaired) electrons. The SMILES string of the molecule is CC(C)S(=O)(=O)Cc1cc(N)cc(Br)c1. The summed E-state index contributed by atoms with van der Waals surface area (Å²) in [7, 11) is -3.06. The minimum absolute atomic E-state index is 0.0360. The zero-order valence-corrected chi connectivity index (χ0v) is 11.1. The minimum Gasteiger partial charge on any atom is -0.399 e. The van der Waals surface area contributed by atoms with Crippen molar-refractivity contribution in [1.29, 1.82) is 0 Å². The lowest BCUT2D eigenvalue weighted by molar-refractivity contribution is 0.586. The summed E-state index contributed by atoms with van der Waals surface area (Å²) in [6, 6.07) is 5.20. The number of rotatable bonds is 3. The van der Waals surface area contributed by atoms with Crippen molar-refractivity contribution in [3.8, 4) is 0 Å². The lowest BCUT2D eigenvalue weighted by atomic mass is 10.2. The molecule has 0 aromatic heterocycles. The van der Waals surface area contributed by atoms with Gasteiger partial charge in [0.1, 0.15) is 0 Å². The molecule has 0 aliphatic rings. The first-order chi connectivity index (χ1) is 6.81. The fourth-order valence-corrected chi connectivity index (χ4v) is 2.68. The van der Waals surface area contributed by atoms with E-state index in [4.69, 9.17) is 5.73 Å². The number of halogens is 1. The first-order valence-corrected chi connectivity index (χ1v) is 7.08. The number of anilines is 1. The number of hydrogen-bond donors (Lipinski definition) is 1. The van der Waals surface area contributed by atoms with Gasteiger partial charge in [-0.25, -0.2) is 8.42 Å². The van der Waals surface area contributed by atoms with Crippen molar-refractivity contribution >= 4 is 31.5 Å². The molecule has 0 saturated carbocycles. The quantitative estimate of drug-likeness (QED) is 0.870. The molecule has 0 aliphatic carbocycles. The average molecular weight is 292 g/mol. The van der Waals surface area contributed by atoms with E-state index in [-0.39, 0.29) is 11.0 Å². The smallest absolute Gasteiger partial charge is 0.156 e. The third-order valence-corrected chi connectivity index (χ3v) is 4.70. The molecule has 0 amide bonds. The van der Waals surface area contributed by atoms with E-state index in [9.17, 15) is 8.42 Å². The lowest BCUT2D eigenvalue weighted by Crippen LogP contribution is -2.16. The normalized spacial score (nSPS) is 12.0. The summed E-state index contributed by atoms with van der Waals surface area (Å²) in [4.78, 5) is 0. The Bertz CT molecular complexity index is 434. The molecule has 0 saturated heterocycles. The van der Waals surface area contributed by atoms with Crippen molar-refractivity contribution in [2.75, 3.05) is 5.73 Å². The van der Waals surface area contributed by atoms with Crippen LogP contribution in [-0.4, -0.2) is 13.7 Å². The van der Waals surface area contributed by atoms with E-state index < -0.39 is 9.84 Å². The van der Waals surface area contributed by atoms with E-state index in [1.807, 2.05) is 0 Å². The standard InChI is InChI=1S/C10H14BrNO2S/c1-7(2)15(13,14)6-8-3-9(11)5-10(12)4-8/h3-5,7H,6,12H2,1-2H3. The third-order valence-electron chi connectivity index (χ3n) is 2.07. The van der Waals surface area contributed by atoms with Gasteiger partial charge in [-0.2, -0.15) is 0 Å². The average Bonchev–Trinajstić information content (AvgIpc) is 1.99. The Hall–Kier alpha value is -0.550. The fraction of sp³-hybridized carbons (Fsp3) is 0.400. The van der Waals surface area contributed by atoms with Crippen LogP contribution in [0.3, 0.4) is 0 Å². The summed E-state index contributed by atoms with van der Waals surface area (Å²) in [5.74, 6) is 0.0360. The summed E-state index contributed by atoms with van der Waals surface area (Å²) >= 11 is 3.28. The second-order valence-corrected chi connectivity index (χ2v) is 7.22. The highest BCUT2D eigenvalue weighted by Crippen LogP contribution is 2.20. The maximum Gasteiger partial charge on any atom is 0.156 e. The van der Waals surface area contributed by atoms with Crippen LogP contribution in [0.4, 0.5) is 5.69 Å². The molecule has 2 N–H and O–H groups in total. The molecule has 0 spiro atoms. The molecule has 15 heavy (non-hydrogen) atoms. The van der Waals surface area contributed by atoms with Crippen molar-refractivity contribution in [1.82, 2.24) is 0 Å². The van der Waals surface area contributed by atoms with Gasteiger partial charge in [0.15, 0.2) is 9.84 Å². The molecule has 3 nitrogen and oxygen atoms in total. The molecule has 0 unspecified atom stereocenters. The van der Waals surface area contributed by atoms with Gasteiger partial charge in [0.05, 0.1) is 11.0 Å². The summed E-state index contributed by atoms with van der Waals surface area (Å²) in [6.45, 7) is 3.35. The Morgan fingerprint density at radius 2 is 1.93 bits per heavy atom. The van der Waals surface area contributed by atoms with E-state index in [0.717, 1.165) is 10.0 Å². The topological polar surface area (TPSA) is 60.2 Å². The van der Waals surface area contributed by atoms with E-state index in [0.29, 0.717) is 5.69 Å². The second kappa shape index (κ2) is 4.53. The van der Waals surface area contributed by atoms with Crippen molar-refractivity contribution in [3.63, 3.8) is 0 Å². The predicted molar refractivity (Wildman–Crippen MR) is 66.3 cm³/mol. The highest BCUT2D eigenvalue weighted by Gasteiger charge is 2.16. The monoisotopic (exact) mass is 291 g/mol. The maximum atomic E-state index is 11.7. The molecule has 0 heterocycles. The molecule has 1 aromatic carbocycles. The van der Waals surface area contributed by atoms with Crippen LogP contribution >= 0.6 is 15.9 Å². The molecule has 0 aliphatic heterocycles. The number of nitrogen functional groups attached to an aromatic ring is 1. The van der Waals surface area contributed by atoms with Crippen molar-refractivity contribution in [2.45, 2.75) is 24.9 Å². The Labute approximate surface area is 98.7 Å². The highest BCUT2D eigenvalue weighted by atomic mass is 79.9. The first kappa shape index (κ1) is 12.5. The van der Waals surface area contributed by atoms with Crippen LogP contribution in [0.15, 0.2) is 22.7 Å². The van der Waals surface area contributed by atoms with Gasteiger partial charge < -0.3 is 5.73 Å². The van der Waals surface area contributed by atoms with Gasteiger partial charge in [0.25, 0.3) is 0 Å². The summed E-state index contributed by atoms with van der Waals surface area (Å²) in [6.07, 6.45) is 0. The second-order valence-electron chi connectivity index (χ2n) is 3.75. The first-order valence-electron chi connectivity index (χ1n) is 4.58. The molecule has 1 aromatic rings. The number of benzene rings is 1. The Morgan fingerprint density at radius 3 is 2.40 bits per heavy atom. The van der Waals surface area contributed by atoms with Crippen molar-refractivity contribution in [2.24, 2.45) is 0 Å². The summed E-state index contributed by atoms with van der Waals surface area (Å²) < 4.78 is 24.1. The third kappa shape index (κ3) is 3.50. The van der Waals surface area contributed by atoms with Crippen LogP contribution in [0.25, 0.3) is 0 Å². The number of sulfone groups is 1. The molecule has 84 valence electrons. The van der Waals surface area contributed by atoms with Gasteiger partial charge in [-0.15, -0.1) is 0 Å². The molecular weight excluding hydrogens is 278 g/mol. The van der Waals surface area contributed by atoms with E-state index in [1.54, 1.807) is 32.0 Å². The lowest BCUT2D eigenvalue weighted by Gasteiger charge is -2.08. The molecule has 0 atom stereocenters. The van der Waals surface area contributed by atoms with Crippen LogP contribution in [0.1, 0.15) is 19.4 Å². The molecule has 5 heteroatoms. The van der Waals surface area contributed by atoms with Crippen LogP contribution < -0.4 is 5.73 Å². The zero-order valence-electron chi connectivity index (χ0n) is 8.70. The summed E-state index contributed by atoms with van der Waals surface area (Å²) in [5.41, 5.74) is 6.92.